The molecule has 1 aliphatic rings. The van der Waals surface area contributed by atoms with Crippen molar-refractivity contribution in [1.82, 2.24) is 4.98 Å². The van der Waals surface area contributed by atoms with Crippen LogP contribution in [0.25, 0.3) is 0 Å². The van der Waals surface area contributed by atoms with Crippen LogP contribution >= 0.6 is 22.6 Å². The minimum absolute atomic E-state index is 0.0698. The van der Waals surface area contributed by atoms with Gasteiger partial charge in [-0.2, -0.15) is 0 Å². The first-order valence-electron chi connectivity index (χ1n) is 4.32. The van der Waals surface area contributed by atoms with Crippen LogP contribution in [0.1, 0.15) is 6.42 Å². The van der Waals surface area contributed by atoms with Gasteiger partial charge >= 0.3 is 0 Å². The van der Waals surface area contributed by atoms with E-state index in [0.29, 0.717) is 12.4 Å². The van der Waals surface area contributed by atoms with Gasteiger partial charge in [-0.3, -0.25) is 0 Å². The first-order chi connectivity index (χ1) is 6.58. The first-order valence-corrected chi connectivity index (χ1v) is 5.40. The van der Waals surface area contributed by atoms with Crippen molar-refractivity contribution in [3.05, 3.63) is 21.9 Å². The second kappa shape index (κ2) is 3.60. The Morgan fingerprint density at radius 1 is 1.50 bits per heavy atom. The fraction of sp³-hybridized carbons (Fsp3) is 0.444. The molecule has 0 aliphatic carbocycles. The molecule has 0 amide bonds. The zero-order chi connectivity index (χ0) is 10.2. The van der Waals surface area contributed by atoms with Crippen molar-refractivity contribution in [3.63, 3.8) is 0 Å². The molecular formula is C9H9F2IN2. The number of hydrogen-bond acceptors (Lipinski definition) is 2. The van der Waals surface area contributed by atoms with Crippen molar-refractivity contribution in [2.24, 2.45) is 0 Å². The van der Waals surface area contributed by atoms with Crippen LogP contribution in [0.15, 0.2) is 18.3 Å². The van der Waals surface area contributed by atoms with E-state index in [1.54, 1.807) is 17.2 Å². The summed E-state index contributed by atoms with van der Waals surface area (Å²) in [5.41, 5.74) is 0. The van der Waals surface area contributed by atoms with Crippen molar-refractivity contribution in [2.45, 2.75) is 12.3 Å². The SMILES string of the molecule is FC1(F)CCN(c2ncccc2I)C1. The van der Waals surface area contributed by atoms with Crippen molar-refractivity contribution < 1.29 is 8.78 Å². The van der Waals surface area contributed by atoms with E-state index in [9.17, 15) is 8.78 Å². The Kier molecular flexibility index (Phi) is 2.59. The summed E-state index contributed by atoms with van der Waals surface area (Å²) in [5, 5.41) is 0. The molecule has 5 heteroatoms. The lowest BCUT2D eigenvalue weighted by Crippen LogP contribution is -2.26. The zero-order valence-corrected chi connectivity index (χ0v) is 9.54. The quantitative estimate of drug-likeness (QED) is 0.741. The molecule has 1 aliphatic heterocycles. The summed E-state index contributed by atoms with van der Waals surface area (Å²) in [5.74, 6) is -1.88. The minimum Gasteiger partial charge on any atom is -0.349 e. The van der Waals surface area contributed by atoms with Gasteiger partial charge in [-0.15, -0.1) is 0 Å². The van der Waals surface area contributed by atoms with Gasteiger partial charge in [0, 0.05) is 19.2 Å². The van der Waals surface area contributed by atoms with Crippen molar-refractivity contribution in [3.8, 4) is 0 Å². The Labute approximate surface area is 94.5 Å². The number of alkyl halides is 2. The number of halogens is 3. The van der Waals surface area contributed by atoms with Gasteiger partial charge in [-0.05, 0) is 34.7 Å². The van der Waals surface area contributed by atoms with Crippen molar-refractivity contribution in [1.29, 1.82) is 0 Å². The van der Waals surface area contributed by atoms with E-state index in [0.717, 1.165) is 3.57 Å². The fourth-order valence-corrected chi connectivity index (χ4v) is 2.21. The molecule has 0 bridgehead atoms. The summed E-state index contributed by atoms with van der Waals surface area (Å²) in [6, 6.07) is 3.68. The molecule has 1 aromatic rings. The molecule has 0 saturated carbocycles. The van der Waals surface area contributed by atoms with Gasteiger partial charge in [-0.1, -0.05) is 0 Å². The molecule has 0 unspecified atom stereocenters. The Hall–Kier alpha value is -0.460. The smallest absolute Gasteiger partial charge is 0.266 e. The fourth-order valence-electron chi connectivity index (χ4n) is 1.53. The van der Waals surface area contributed by atoms with Gasteiger partial charge in [0.1, 0.15) is 5.82 Å². The molecule has 0 spiro atoms. The third kappa shape index (κ3) is 1.97. The highest BCUT2D eigenvalue weighted by molar-refractivity contribution is 14.1. The molecule has 1 saturated heterocycles. The van der Waals surface area contributed by atoms with E-state index >= 15 is 0 Å². The second-order valence-electron chi connectivity index (χ2n) is 3.34. The molecule has 0 atom stereocenters. The monoisotopic (exact) mass is 310 g/mol. The van der Waals surface area contributed by atoms with Crippen LogP contribution in [0, 0.1) is 3.57 Å². The maximum absolute atomic E-state index is 12.9. The lowest BCUT2D eigenvalue weighted by atomic mass is 10.3. The van der Waals surface area contributed by atoms with Gasteiger partial charge in [0.05, 0.1) is 10.1 Å². The minimum atomic E-state index is -2.55. The van der Waals surface area contributed by atoms with Crippen LogP contribution in [-0.2, 0) is 0 Å². The average molecular weight is 310 g/mol. The van der Waals surface area contributed by atoms with Gasteiger partial charge < -0.3 is 4.90 Å². The van der Waals surface area contributed by atoms with Gasteiger partial charge in [-0.25, -0.2) is 13.8 Å². The number of nitrogens with zero attached hydrogens (tertiary/aromatic N) is 2. The third-order valence-electron chi connectivity index (χ3n) is 2.21. The van der Waals surface area contributed by atoms with Crippen molar-refractivity contribution in [2.75, 3.05) is 18.0 Å². The maximum atomic E-state index is 12.9. The van der Waals surface area contributed by atoms with Gasteiger partial charge in [0.2, 0.25) is 0 Å². The van der Waals surface area contributed by atoms with E-state index in [4.69, 9.17) is 0 Å². The summed E-state index contributed by atoms with van der Waals surface area (Å²) in [6.07, 6.45) is 1.56. The topological polar surface area (TPSA) is 16.1 Å². The van der Waals surface area contributed by atoms with Crippen LogP contribution in [0.5, 0.6) is 0 Å². The molecule has 2 rings (SSSR count). The Morgan fingerprint density at radius 2 is 2.29 bits per heavy atom. The number of anilines is 1. The van der Waals surface area contributed by atoms with Gasteiger partial charge in [0.15, 0.2) is 0 Å². The molecule has 0 aromatic carbocycles. The van der Waals surface area contributed by atoms with E-state index in [1.807, 2.05) is 6.07 Å². The van der Waals surface area contributed by atoms with Crippen LogP contribution in [0.2, 0.25) is 0 Å². The normalized spacial score (nSPS) is 20.1. The average Bonchev–Trinajstić information content (AvgIpc) is 2.47. The van der Waals surface area contributed by atoms with Crippen LogP contribution in [0.3, 0.4) is 0 Å². The molecule has 1 aromatic heterocycles. The molecule has 0 radical (unpaired) electrons. The Morgan fingerprint density at radius 3 is 2.86 bits per heavy atom. The van der Waals surface area contributed by atoms with Gasteiger partial charge in [0.25, 0.3) is 5.92 Å². The first kappa shape index (κ1) is 10.1. The van der Waals surface area contributed by atoms with Crippen LogP contribution in [-0.4, -0.2) is 24.0 Å². The standard InChI is InChI=1S/C9H9F2IN2/c10-9(11)3-5-14(6-9)8-7(12)2-1-4-13-8/h1-2,4H,3,5-6H2. The maximum Gasteiger partial charge on any atom is 0.266 e. The molecular weight excluding hydrogens is 301 g/mol. The lowest BCUT2D eigenvalue weighted by Gasteiger charge is -2.17. The number of aromatic nitrogens is 1. The molecule has 2 nitrogen and oxygen atoms in total. The number of hydrogen-bond donors (Lipinski definition) is 0. The summed E-state index contributed by atoms with van der Waals surface area (Å²) in [4.78, 5) is 5.75. The predicted octanol–water partition coefficient (Wildman–Crippen LogP) is 2.53. The Bertz CT molecular complexity index is 343. The summed E-state index contributed by atoms with van der Waals surface area (Å²) in [7, 11) is 0. The highest BCUT2D eigenvalue weighted by Gasteiger charge is 2.39. The summed E-state index contributed by atoms with van der Waals surface area (Å²) in [6.45, 7) is 0.181. The third-order valence-corrected chi connectivity index (χ3v) is 3.05. The zero-order valence-electron chi connectivity index (χ0n) is 7.38. The van der Waals surface area contributed by atoms with E-state index in [1.165, 1.54) is 0 Å². The lowest BCUT2D eigenvalue weighted by molar-refractivity contribution is 0.0256. The number of pyridine rings is 1. The molecule has 1 fully saturated rings. The van der Waals surface area contributed by atoms with E-state index in [-0.39, 0.29) is 13.0 Å². The Balaban J connectivity index is 2.22. The summed E-state index contributed by atoms with van der Waals surface area (Å²) >= 11 is 2.11. The largest absolute Gasteiger partial charge is 0.349 e. The number of rotatable bonds is 1. The molecule has 14 heavy (non-hydrogen) atoms. The predicted molar refractivity (Wildman–Crippen MR) is 58.7 cm³/mol. The van der Waals surface area contributed by atoms with E-state index < -0.39 is 5.92 Å². The molecule has 0 N–H and O–H groups in total. The van der Waals surface area contributed by atoms with E-state index in [2.05, 4.69) is 27.6 Å². The highest BCUT2D eigenvalue weighted by Crippen LogP contribution is 2.31. The van der Waals surface area contributed by atoms with Crippen LogP contribution < -0.4 is 4.90 Å². The van der Waals surface area contributed by atoms with Crippen molar-refractivity contribution >= 4 is 28.4 Å². The second-order valence-corrected chi connectivity index (χ2v) is 4.50. The molecule has 2 heterocycles. The summed E-state index contributed by atoms with van der Waals surface area (Å²) < 4.78 is 26.8. The molecule has 76 valence electrons. The highest BCUT2D eigenvalue weighted by atomic mass is 127. The van der Waals surface area contributed by atoms with Crippen LogP contribution in [0.4, 0.5) is 14.6 Å².